The van der Waals surface area contributed by atoms with E-state index in [1.165, 1.54) is 0 Å². The van der Waals surface area contributed by atoms with E-state index < -0.39 is 18.2 Å². The highest BCUT2D eigenvalue weighted by atomic mass is 16.5. The van der Waals surface area contributed by atoms with Gasteiger partial charge in [-0.25, -0.2) is 4.85 Å². The summed E-state index contributed by atoms with van der Waals surface area (Å²) in [5.74, 6) is -0.318. The van der Waals surface area contributed by atoms with Crippen molar-refractivity contribution >= 4 is 17.3 Å². The van der Waals surface area contributed by atoms with Gasteiger partial charge in [0.2, 0.25) is 11.6 Å². The summed E-state index contributed by atoms with van der Waals surface area (Å²) >= 11 is 0. The number of amides is 1. The van der Waals surface area contributed by atoms with Gasteiger partial charge in [0.25, 0.3) is 0 Å². The number of anilines is 1. The van der Waals surface area contributed by atoms with Crippen molar-refractivity contribution in [1.82, 2.24) is 10.4 Å². The molecule has 0 aromatic heterocycles. The topological polar surface area (TPSA) is 110 Å². The third-order valence-electron chi connectivity index (χ3n) is 6.33. The van der Waals surface area contributed by atoms with Crippen LogP contribution in [0.15, 0.2) is 48.5 Å². The van der Waals surface area contributed by atoms with E-state index in [1.54, 1.807) is 16.4 Å². The van der Waals surface area contributed by atoms with Crippen molar-refractivity contribution in [1.29, 1.82) is 0 Å². The average Bonchev–Trinajstić information content (AvgIpc) is 2.91. The number of hydrogen-bond acceptors (Lipinski definition) is 7. The van der Waals surface area contributed by atoms with E-state index in [0.29, 0.717) is 57.7 Å². The van der Waals surface area contributed by atoms with Crippen LogP contribution in [0.5, 0.6) is 5.75 Å². The zero-order valence-corrected chi connectivity index (χ0v) is 20.0. The molecule has 3 atom stereocenters. The van der Waals surface area contributed by atoms with Crippen LogP contribution in [0.4, 0.5) is 11.4 Å². The van der Waals surface area contributed by atoms with Crippen LogP contribution in [0, 0.1) is 12.5 Å². The quantitative estimate of drug-likeness (QED) is 0.221. The van der Waals surface area contributed by atoms with Crippen LogP contribution in [0.2, 0.25) is 0 Å². The number of aliphatic hydroxyl groups excluding tert-OH is 2. The lowest BCUT2D eigenvalue weighted by Gasteiger charge is -2.39. The number of piperazine rings is 1. The maximum atomic E-state index is 13.3. The van der Waals surface area contributed by atoms with Crippen molar-refractivity contribution in [2.45, 2.75) is 38.5 Å². The van der Waals surface area contributed by atoms with E-state index in [2.05, 4.69) is 9.74 Å². The molecule has 2 aromatic carbocycles. The van der Waals surface area contributed by atoms with Gasteiger partial charge in [0.15, 0.2) is 6.23 Å². The molecule has 9 heteroatoms. The molecule has 1 aliphatic heterocycles. The van der Waals surface area contributed by atoms with Crippen LogP contribution in [-0.2, 0) is 11.2 Å². The number of aryl methyl sites for hydroxylation is 1. The minimum absolute atomic E-state index is 0.253. The normalized spacial score (nSPS) is 16.3. The van der Waals surface area contributed by atoms with Gasteiger partial charge in [0, 0.05) is 31.9 Å². The van der Waals surface area contributed by atoms with Crippen LogP contribution >= 0.6 is 0 Å². The average molecular weight is 483 g/mol. The molecule has 1 amide bonds. The number of nitrogens with zero attached hydrogens (tertiary/aromatic N) is 3. The Balaban J connectivity index is 1.61. The third-order valence-corrected chi connectivity index (χ3v) is 6.33. The van der Waals surface area contributed by atoms with Crippen molar-refractivity contribution in [3.8, 4) is 5.75 Å². The molecule has 0 bridgehead atoms. The largest absolute Gasteiger partial charge is 0.494 e. The molecule has 1 saturated heterocycles. The van der Waals surface area contributed by atoms with E-state index in [4.69, 9.17) is 16.5 Å². The number of nitrogens with one attached hydrogen (secondary N) is 1. The number of benzene rings is 2. The Morgan fingerprint density at radius 1 is 1.11 bits per heavy atom. The Kier molecular flexibility index (Phi) is 9.87. The summed E-state index contributed by atoms with van der Waals surface area (Å²) < 4.78 is 5.46. The number of ether oxygens (including phenoxy) is 1. The van der Waals surface area contributed by atoms with Gasteiger partial charge in [-0.05, 0) is 49.9 Å². The van der Waals surface area contributed by atoms with Gasteiger partial charge in [-0.2, -0.15) is 5.48 Å². The number of rotatable bonds is 11. The fourth-order valence-corrected chi connectivity index (χ4v) is 4.41. The summed E-state index contributed by atoms with van der Waals surface area (Å²) in [5.41, 5.74) is 4.16. The lowest BCUT2D eigenvalue weighted by atomic mass is 9.91. The number of carbonyl (C=O) groups excluding carboxylic acids is 1. The summed E-state index contributed by atoms with van der Waals surface area (Å²) in [7, 11) is 0. The molecule has 0 spiro atoms. The van der Waals surface area contributed by atoms with Gasteiger partial charge < -0.3 is 30.0 Å². The molecule has 35 heavy (non-hydrogen) atoms. The molecule has 3 rings (SSSR count). The standard InChI is InChI=1S/C26H34N4O5/c1-3-35-20-13-11-19(12-14-20)7-6-8-21(24(31)25(32)28-34)26(33)30-17-15-29(16-18-30)23-10-5-4-9-22(23)27-2/h4-5,9-14,21,24-25,28,31-32,34H,3,6-8,15-18H2,1H3/t21-,24+,25?/m1/s1. The lowest BCUT2D eigenvalue weighted by molar-refractivity contribution is -0.149. The minimum Gasteiger partial charge on any atom is -0.494 e. The van der Waals surface area contributed by atoms with Crippen molar-refractivity contribution in [2.24, 2.45) is 5.92 Å². The van der Waals surface area contributed by atoms with E-state index in [0.717, 1.165) is 17.0 Å². The number of hydroxylamine groups is 1. The van der Waals surface area contributed by atoms with E-state index >= 15 is 0 Å². The highest BCUT2D eigenvalue weighted by molar-refractivity contribution is 5.80. The predicted octanol–water partition coefficient (Wildman–Crippen LogP) is 2.58. The Labute approximate surface area is 206 Å². The zero-order valence-electron chi connectivity index (χ0n) is 20.0. The molecule has 0 radical (unpaired) electrons. The van der Waals surface area contributed by atoms with Gasteiger partial charge in [0.05, 0.1) is 19.1 Å². The number of aliphatic hydroxyl groups is 2. The molecule has 4 N–H and O–H groups in total. The van der Waals surface area contributed by atoms with E-state index in [1.807, 2.05) is 49.4 Å². The monoisotopic (exact) mass is 482 g/mol. The first kappa shape index (κ1) is 26.4. The van der Waals surface area contributed by atoms with Gasteiger partial charge in [-0.3, -0.25) is 4.79 Å². The van der Waals surface area contributed by atoms with Crippen LogP contribution in [0.3, 0.4) is 0 Å². The summed E-state index contributed by atoms with van der Waals surface area (Å²) in [4.78, 5) is 20.7. The molecule has 1 unspecified atom stereocenters. The third kappa shape index (κ3) is 6.93. The first-order valence-corrected chi connectivity index (χ1v) is 12.0. The number of para-hydroxylation sites is 2. The first-order chi connectivity index (χ1) is 17.0. The van der Waals surface area contributed by atoms with Gasteiger partial charge in [-0.1, -0.05) is 30.3 Å². The number of hydrogen-bond donors (Lipinski definition) is 4. The summed E-state index contributed by atoms with van der Waals surface area (Å²) in [6, 6.07) is 15.2. The minimum atomic E-state index is -1.62. The van der Waals surface area contributed by atoms with Crippen molar-refractivity contribution in [3.05, 3.63) is 65.5 Å². The van der Waals surface area contributed by atoms with Gasteiger partial charge in [-0.15, -0.1) is 0 Å². The smallest absolute Gasteiger partial charge is 0.228 e. The molecule has 2 aromatic rings. The fourth-order valence-electron chi connectivity index (χ4n) is 4.41. The second-order valence-electron chi connectivity index (χ2n) is 8.55. The molecule has 188 valence electrons. The Hall–Kier alpha value is -3.16. The van der Waals surface area contributed by atoms with Crippen LogP contribution < -0.4 is 15.1 Å². The summed E-state index contributed by atoms with van der Waals surface area (Å²) in [6.45, 7) is 11.9. The molecule has 1 fully saturated rings. The van der Waals surface area contributed by atoms with Gasteiger partial charge >= 0.3 is 0 Å². The SMILES string of the molecule is [C-]#[N+]c1ccccc1N1CCN(C(=O)[C@H](CCCc2ccc(OCC)cc2)[C@H](O)C(O)NO)CC1. The second-order valence-corrected chi connectivity index (χ2v) is 8.55. The maximum absolute atomic E-state index is 13.3. The second kappa shape index (κ2) is 13.1. The molecule has 1 aliphatic rings. The molecular weight excluding hydrogens is 448 g/mol. The molecule has 9 nitrogen and oxygen atoms in total. The zero-order chi connectivity index (χ0) is 25.2. The highest BCUT2D eigenvalue weighted by Crippen LogP contribution is 2.29. The molecule has 0 aliphatic carbocycles. The van der Waals surface area contributed by atoms with E-state index in [9.17, 15) is 15.0 Å². The molecular formula is C26H34N4O5. The van der Waals surface area contributed by atoms with Crippen molar-refractivity contribution in [2.75, 3.05) is 37.7 Å². The van der Waals surface area contributed by atoms with Gasteiger partial charge in [0.1, 0.15) is 11.9 Å². The Bertz CT molecular complexity index is 986. The first-order valence-electron chi connectivity index (χ1n) is 12.0. The van der Waals surface area contributed by atoms with Crippen molar-refractivity contribution < 1.29 is 25.0 Å². The fraction of sp³-hybridized carbons (Fsp3) is 0.462. The maximum Gasteiger partial charge on any atom is 0.228 e. The van der Waals surface area contributed by atoms with Crippen LogP contribution in [0.1, 0.15) is 25.3 Å². The summed E-state index contributed by atoms with van der Waals surface area (Å²) in [5, 5.41) is 29.6. The highest BCUT2D eigenvalue weighted by Gasteiger charge is 2.35. The predicted molar refractivity (Wildman–Crippen MR) is 132 cm³/mol. The lowest BCUT2D eigenvalue weighted by Crippen LogP contribution is -2.54. The van der Waals surface area contributed by atoms with E-state index in [-0.39, 0.29) is 5.91 Å². The van der Waals surface area contributed by atoms with Crippen LogP contribution in [-0.4, -0.2) is 71.3 Å². The molecule has 1 heterocycles. The number of carbonyl (C=O) groups is 1. The Morgan fingerprint density at radius 3 is 2.43 bits per heavy atom. The van der Waals surface area contributed by atoms with Crippen molar-refractivity contribution in [3.63, 3.8) is 0 Å². The Morgan fingerprint density at radius 2 is 1.80 bits per heavy atom. The van der Waals surface area contributed by atoms with Crippen LogP contribution in [0.25, 0.3) is 4.85 Å². The molecule has 0 saturated carbocycles. The summed E-state index contributed by atoms with van der Waals surface area (Å²) in [6.07, 6.45) is -1.40.